The molecule has 4 rings (SSSR count). The van der Waals surface area contributed by atoms with Crippen molar-refractivity contribution >= 4 is 5.78 Å². The number of hydrogen-bond acceptors (Lipinski definition) is 5. The fraction of sp³-hybridized carbons (Fsp3) is 0.174. The van der Waals surface area contributed by atoms with Crippen LogP contribution in [0.25, 0.3) is 11.4 Å². The summed E-state index contributed by atoms with van der Waals surface area (Å²) >= 11 is 0. The second-order valence-corrected chi connectivity index (χ2v) is 6.95. The molecule has 2 heterocycles. The van der Waals surface area contributed by atoms with Gasteiger partial charge in [-0.05, 0) is 50.2 Å². The number of carbonyl (C=O) groups is 1. The van der Waals surface area contributed by atoms with E-state index in [-0.39, 0.29) is 5.78 Å². The quantitative estimate of drug-likeness (QED) is 0.457. The Morgan fingerprint density at radius 3 is 1.53 bits per heavy atom. The molecular weight excluding hydrogens is 380 g/mol. The number of carbonyl (C=O) groups excluding carboxylic acids is 1. The summed E-state index contributed by atoms with van der Waals surface area (Å²) in [4.78, 5) is 21.6. The monoisotopic (exact) mass is 402 g/mol. The first-order valence-corrected chi connectivity index (χ1v) is 9.43. The third kappa shape index (κ3) is 3.57. The van der Waals surface area contributed by atoms with Gasteiger partial charge in [0.1, 0.15) is 11.5 Å². The average molecular weight is 402 g/mol. The van der Waals surface area contributed by atoms with Crippen LogP contribution < -0.4 is 9.47 Å². The zero-order chi connectivity index (χ0) is 21.3. The van der Waals surface area contributed by atoms with Crippen LogP contribution in [0.3, 0.4) is 0 Å². The maximum atomic E-state index is 13.1. The van der Waals surface area contributed by atoms with Gasteiger partial charge in [0.15, 0.2) is 5.78 Å². The average Bonchev–Trinajstić information content (AvgIpc) is 3.40. The molecule has 0 unspecified atom stereocenters. The third-order valence-corrected chi connectivity index (χ3v) is 4.86. The van der Waals surface area contributed by atoms with Crippen molar-refractivity contribution in [3.05, 3.63) is 84.0 Å². The van der Waals surface area contributed by atoms with E-state index in [1.54, 1.807) is 51.1 Å². The van der Waals surface area contributed by atoms with Gasteiger partial charge in [0.2, 0.25) is 0 Å². The summed E-state index contributed by atoms with van der Waals surface area (Å²) in [6, 6.07) is 10.8. The third-order valence-electron chi connectivity index (χ3n) is 4.86. The van der Waals surface area contributed by atoms with E-state index in [2.05, 4.69) is 9.97 Å². The smallest absolute Gasteiger partial charge is 0.193 e. The first kappa shape index (κ1) is 19.4. The lowest BCUT2D eigenvalue weighted by Gasteiger charge is -2.13. The summed E-state index contributed by atoms with van der Waals surface area (Å²) in [6.45, 7) is 3.84. The zero-order valence-corrected chi connectivity index (χ0v) is 17.3. The van der Waals surface area contributed by atoms with E-state index in [9.17, 15) is 4.79 Å². The lowest BCUT2D eigenvalue weighted by Crippen LogP contribution is -2.05. The van der Waals surface area contributed by atoms with Crippen molar-refractivity contribution in [2.45, 2.75) is 13.8 Å². The maximum Gasteiger partial charge on any atom is 0.193 e. The van der Waals surface area contributed by atoms with Crippen molar-refractivity contribution in [1.82, 2.24) is 19.1 Å². The normalized spacial score (nSPS) is 10.8. The molecule has 0 radical (unpaired) electrons. The SMILES string of the molecule is COc1cc(C(=O)c2ccc(-n3cnc(C)c3)c(OC)c2)ccc1-n1cnc(C)c1. The Bertz CT molecular complexity index is 1130. The molecule has 0 N–H and O–H groups in total. The van der Waals surface area contributed by atoms with Crippen LogP contribution in [0.2, 0.25) is 0 Å². The van der Waals surface area contributed by atoms with Gasteiger partial charge in [0.05, 0.1) is 49.6 Å². The van der Waals surface area contributed by atoms with Crippen LogP contribution in [0, 0.1) is 13.8 Å². The Morgan fingerprint density at radius 1 is 0.767 bits per heavy atom. The number of ether oxygens (including phenoxy) is 2. The Morgan fingerprint density at radius 2 is 1.20 bits per heavy atom. The highest BCUT2D eigenvalue weighted by molar-refractivity contribution is 6.09. The highest BCUT2D eigenvalue weighted by Crippen LogP contribution is 2.28. The fourth-order valence-electron chi connectivity index (χ4n) is 3.34. The molecule has 0 atom stereocenters. The minimum absolute atomic E-state index is 0.117. The summed E-state index contributed by atoms with van der Waals surface area (Å²) < 4.78 is 14.8. The van der Waals surface area contributed by atoms with Crippen LogP contribution in [0.4, 0.5) is 0 Å². The Kier molecular flexibility index (Phi) is 5.10. The van der Waals surface area contributed by atoms with Crippen molar-refractivity contribution in [1.29, 1.82) is 0 Å². The molecule has 0 aliphatic heterocycles. The van der Waals surface area contributed by atoms with E-state index < -0.39 is 0 Å². The van der Waals surface area contributed by atoms with Crippen LogP contribution in [0.15, 0.2) is 61.4 Å². The molecule has 2 aromatic carbocycles. The number of nitrogens with zero attached hydrogens (tertiary/aromatic N) is 4. The summed E-state index contributed by atoms with van der Waals surface area (Å²) in [6.07, 6.45) is 7.24. The maximum absolute atomic E-state index is 13.1. The fourth-order valence-corrected chi connectivity index (χ4v) is 3.34. The van der Waals surface area contributed by atoms with E-state index in [0.717, 1.165) is 22.8 Å². The van der Waals surface area contributed by atoms with Gasteiger partial charge in [-0.2, -0.15) is 0 Å². The van der Waals surface area contributed by atoms with Gasteiger partial charge in [0.25, 0.3) is 0 Å². The number of rotatable bonds is 6. The minimum atomic E-state index is -0.117. The molecule has 7 nitrogen and oxygen atoms in total. The van der Waals surface area contributed by atoms with Crippen molar-refractivity contribution < 1.29 is 14.3 Å². The molecule has 2 aromatic heterocycles. The molecular formula is C23H22N4O3. The minimum Gasteiger partial charge on any atom is -0.495 e. The summed E-state index contributed by atoms with van der Waals surface area (Å²) in [7, 11) is 3.17. The molecule has 0 saturated heterocycles. The molecule has 30 heavy (non-hydrogen) atoms. The van der Waals surface area contributed by atoms with E-state index in [0.29, 0.717) is 22.6 Å². The van der Waals surface area contributed by atoms with Gasteiger partial charge in [0, 0.05) is 23.5 Å². The van der Waals surface area contributed by atoms with E-state index in [4.69, 9.17) is 9.47 Å². The van der Waals surface area contributed by atoms with Crippen molar-refractivity contribution in [2.24, 2.45) is 0 Å². The van der Waals surface area contributed by atoms with Crippen molar-refractivity contribution in [3.63, 3.8) is 0 Å². The Hall–Kier alpha value is -3.87. The van der Waals surface area contributed by atoms with E-state index >= 15 is 0 Å². The second kappa shape index (κ2) is 7.87. The first-order chi connectivity index (χ1) is 14.5. The summed E-state index contributed by atoms with van der Waals surface area (Å²) in [5.74, 6) is 1.07. The summed E-state index contributed by atoms with van der Waals surface area (Å²) in [5, 5.41) is 0. The van der Waals surface area contributed by atoms with Crippen LogP contribution in [-0.4, -0.2) is 39.1 Å². The van der Waals surface area contributed by atoms with Crippen molar-refractivity contribution in [2.75, 3.05) is 14.2 Å². The highest BCUT2D eigenvalue weighted by atomic mass is 16.5. The number of ketones is 1. The number of imidazole rings is 2. The number of aromatic nitrogens is 4. The van der Waals surface area contributed by atoms with Gasteiger partial charge in [-0.3, -0.25) is 4.79 Å². The lowest BCUT2D eigenvalue weighted by atomic mass is 10.0. The molecule has 0 bridgehead atoms. The summed E-state index contributed by atoms with van der Waals surface area (Å²) in [5.41, 5.74) is 4.49. The number of methoxy groups -OCH3 is 2. The van der Waals surface area contributed by atoms with Gasteiger partial charge in [-0.1, -0.05) is 0 Å². The van der Waals surface area contributed by atoms with Gasteiger partial charge in [-0.25, -0.2) is 9.97 Å². The topological polar surface area (TPSA) is 71.2 Å². The van der Waals surface area contributed by atoms with Crippen molar-refractivity contribution in [3.8, 4) is 22.9 Å². The zero-order valence-electron chi connectivity index (χ0n) is 17.3. The molecule has 0 aliphatic rings. The predicted molar refractivity (Wildman–Crippen MR) is 113 cm³/mol. The van der Waals surface area contributed by atoms with Crippen LogP contribution in [0.5, 0.6) is 11.5 Å². The largest absolute Gasteiger partial charge is 0.495 e. The molecule has 0 aliphatic carbocycles. The van der Waals surface area contributed by atoms with Gasteiger partial charge < -0.3 is 18.6 Å². The van der Waals surface area contributed by atoms with Crippen LogP contribution >= 0.6 is 0 Å². The van der Waals surface area contributed by atoms with E-state index in [1.165, 1.54) is 0 Å². The van der Waals surface area contributed by atoms with Crippen LogP contribution in [0.1, 0.15) is 27.3 Å². The molecule has 0 amide bonds. The Balaban J connectivity index is 1.69. The van der Waals surface area contributed by atoms with E-state index in [1.807, 2.05) is 47.5 Å². The number of benzene rings is 2. The Labute approximate surface area is 174 Å². The molecule has 0 spiro atoms. The van der Waals surface area contributed by atoms with Gasteiger partial charge >= 0.3 is 0 Å². The molecule has 0 saturated carbocycles. The predicted octanol–water partition coefficient (Wildman–Crippen LogP) is 3.92. The first-order valence-electron chi connectivity index (χ1n) is 9.43. The molecule has 0 fully saturated rings. The second-order valence-electron chi connectivity index (χ2n) is 6.95. The van der Waals surface area contributed by atoms with Crippen LogP contribution in [-0.2, 0) is 0 Å². The van der Waals surface area contributed by atoms with Gasteiger partial charge in [-0.15, -0.1) is 0 Å². The standard InChI is InChI=1S/C23H22N4O3/c1-15-11-26(13-24-15)19-7-5-17(9-21(19)29-3)23(28)18-6-8-20(22(10-18)30-4)27-12-16(2)25-14-27/h5-14H,1-4H3. The molecule has 152 valence electrons. The molecule has 4 aromatic rings. The lowest BCUT2D eigenvalue weighted by molar-refractivity contribution is 0.103. The molecule has 7 heteroatoms. The number of aryl methyl sites for hydroxylation is 2. The number of hydrogen-bond donors (Lipinski definition) is 0. The highest BCUT2D eigenvalue weighted by Gasteiger charge is 2.16.